The molecule has 0 aliphatic heterocycles. The summed E-state index contributed by atoms with van der Waals surface area (Å²) >= 11 is 0. The summed E-state index contributed by atoms with van der Waals surface area (Å²) in [6.45, 7) is 4.82. The normalized spacial score (nSPS) is 10.9. The lowest BCUT2D eigenvalue weighted by atomic mass is 10.1. The summed E-state index contributed by atoms with van der Waals surface area (Å²) < 4.78 is 1.97. The second-order valence-corrected chi connectivity index (χ2v) is 8.43. The number of imidazole rings is 1. The summed E-state index contributed by atoms with van der Waals surface area (Å²) in [6.07, 6.45) is 2.34. The van der Waals surface area contributed by atoms with Gasteiger partial charge in [0.1, 0.15) is 12.4 Å². The molecule has 0 aliphatic rings. The third kappa shape index (κ3) is 5.70. The second kappa shape index (κ2) is 10.8. The van der Waals surface area contributed by atoms with Gasteiger partial charge in [0.2, 0.25) is 5.91 Å². The molecule has 0 unspecified atom stereocenters. The topological polar surface area (TPSA) is 76.0 Å². The van der Waals surface area contributed by atoms with Crippen LogP contribution in [0.3, 0.4) is 0 Å². The Kier molecular flexibility index (Phi) is 7.38. The molecule has 34 heavy (non-hydrogen) atoms. The molecule has 0 aliphatic carbocycles. The van der Waals surface area contributed by atoms with Gasteiger partial charge in [-0.05, 0) is 61.7 Å². The van der Waals surface area contributed by atoms with Crippen LogP contribution in [-0.2, 0) is 24.2 Å². The molecule has 0 bridgehead atoms. The summed E-state index contributed by atoms with van der Waals surface area (Å²) in [6, 6.07) is 23.3. The maximum atomic E-state index is 12.8. The van der Waals surface area contributed by atoms with Crippen molar-refractivity contribution >= 4 is 28.5 Å². The van der Waals surface area contributed by atoms with Crippen molar-refractivity contribution in [1.82, 2.24) is 14.9 Å². The van der Waals surface area contributed by atoms with Crippen LogP contribution in [0.15, 0.2) is 72.8 Å². The molecule has 2 N–H and O–H groups in total. The molecule has 2 amide bonds. The molecule has 0 saturated heterocycles. The third-order valence-corrected chi connectivity index (χ3v) is 5.86. The van der Waals surface area contributed by atoms with E-state index >= 15 is 0 Å². The molecule has 1 aromatic heterocycles. The molecule has 0 saturated carbocycles. The lowest BCUT2D eigenvalue weighted by molar-refractivity contribution is -0.116. The van der Waals surface area contributed by atoms with Crippen LogP contribution in [0.2, 0.25) is 0 Å². The molecule has 4 aromatic rings. The second-order valence-electron chi connectivity index (χ2n) is 8.43. The minimum atomic E-state index is -0.0960. The van der Waals surface area contributed by atoms with E-state index in [4.69, 9.17) is 4.98 Å². The van der Waals surface area contributed by atoms with Crippen molar-refractivity contribution in [1.29, 1.82) is 0 Å². The highest BCUT2D eigenvalue weighted by molar-refractivity contribution is 5.94. The van der Waals surface area contributed by atoms with E-state index in [-0.39, 0.29) is 18.4 Å². The van der Waals surface area contributed by atoms with Crippen LogP contribution in [-0.4, -0.2) is 27.9 Å². The van der Waals surface area contributed by atoms with E-state index in [2.05, 4.69) is 17.6 Å². The van der Waals surface area contributed by atoms with Crippen molar-refractivity contribution in [3.8, 4) is 0 Å². The van der Waals surface area contributed by atoms with Gasteiger partial charge in [0.15, 0.2) is 0 Å². The number of amides is 2. The first-order chi connectivity index (χ1) is 16.5. The molecule has 1 heterocycles. The molecular weight excluding hydrogens is 424 g/mol. The number of hydrogen-bond acceptors (Lipinski definition) is 3. The number of aromatic nitrogens is 2. The Morgan fingerprint density at radius 1 is 0.941 bits per heavy atom. The van der Waals surface area contributed by atoms with Crippen molar-refractivity contribution in [2.75, 3.05) is 11.9 Å². The molecule has 4 rings (SSSR count). The first kappa shape index (κ1) is 23.2. The van der Waals surface area contributed by atoms with Gasteiger partial charge in [0, 0.05) is 24.2 Å². The van der Waals surface area contributed by atoms with E-state index in [9.17, 15) is 9.59 Å². The monoisotopic (exact) mass is 454 g/mol. The van der Waals surface area contributed by atoms with Crippen LogP contribution in [0.25, 0.3) is 11.0 Å². The zero-order valence-corrected chi connectivity index (χ0v) is 19.7. The Hall–Kier alpha value is -3.93. The number of benzene rings is 3. The highest BCUT2D eigenvalue weighted by atomic mass is 16.2. The van der Waals surface area contributed by atoms with Gasteiger partial charge in [-0.15, -0.1) is 0 Å². The van der Waals surface area contributed by atoms with Gasteiger partial charge >= 0.3 is 0 Å². The average molecular weight is 455 g/mol. The lowest BCUT2D eigenvalue weighted by Gasteiger charge is -2.11. The predicted octanol–water partition coefficient (Wildman–Crippen LogP) is 4.91. The number of para-hydroxylation sites is 2. The first-order valence-electron chi connectivity index (χ1n) is 11.7. The van der Waals surface area contributed by atoms with Crippen LogP contribution >= 0.6 is 0 Å². The lowest BCUT2D eigenvalue weighted by Crippen LogP contribution is -2.25. The predicted molar refractivity (Wildman–Crippen MR) is 136 cm³/mol. The quantitative estimate of drug-likeness (QED) is 0.353. The zero-order valence-electron chi connectivity index (χ0n) is 19.7. The molecule has 0 fully saturated rings. The van der Waals surface area contributed by atoms with Crippen molar-refractivity contribution in [2.24, 2.45) is 0 Å². The van der Waals surface area contributed by atoms with Gasteiger partial charge in [0.05, 0.1) is 11.0 Å². The number of nitrogens with one attached hydrogen (secondary N) is 2. The van der Waals surface area contributed by atoms with Crippen molar-refractivity contribution in [3.05, 3.63) is 95.3 Å². The number of carbonyl (C=O) groups is 2. The molecule has 0 radical (unpaired) electrons. The van der Waals surface area contributed by atoms with Crippen molar-refractivity contribution in [2.45, 2.75) is 39.7 Å². The van der Waals surface area contributed by atoms with E-state index in [1.54, 1.807) is 0 Å². The zero-order chi connectivity index (χ0) is 23.9. The standard InChI is InChI=1S/C28H30N4O2/c1-3-21-12-16-23(17-13-21)30-27(33)19-32-25-8-5-4-7-24(25)31-26(32)9-6-18-29-28(34)22-14-10-20(2)11-15-22/h4-5,7-8,10-17H,3,6,9,18-19H2,1-2H3,(H,29,34)(H,30,33). The number of carbonyl (C=O) groups excluding carboxylic acids is 2. The number of fused-ring (bicyclic) bond motifs is 1. The van der Waals surface area contributed by atoms with Gasteiger partial charge in [-0.1, -0.05) is 48.9 Å². The molecule has 6 nitrogen and oxygen atoms in total. The molecule has 174 valence electrons. The fourth-order valence-electron chi connectivity index (χ4n) is 3.92. The maximum Gasteiger partial charge on any atom is 0.251 e. The maximum absolute atomic E-state index is 12.8. The summed E-state index contributed by atoms with van der Waals surface area (Å²) in [4.78, 5) is 29.9. The smallest absolute Gasteiger partial charge is 0.251 e. The van der Waals surface area contributed by atoms with E-state index in [1.165, 1.54) is 5.56 Å². The number of hydrogen-bond donors (Lipinski definition) is 2. The molecule has 0 atom stereocenters. The Balaban J connectivity index is 1.39. The van der Waals surface area contributed by atoms with Gasteiger partial charge in [-0.2, -0.15) is 0 Å². The minimum absolute atomic E-state index is 0.0815. The minimum Gasteiger partial charge on any atom is -0.352 e. The van der Waals surface area contributed by atoms with Gasteiger partial charge in [0.25, 0.3) is 5.91 Å². The highest BCUT2D eigenvalue weighted by Crippen LogP contribution is 2.18. The number of rotatable bonds is 9. The van der Waals surface area contributed by atoms with Gasteiger partial charge in [-0.25, -0.2) is 4.98 Å². The van der Waals surface area contributed by atoms with Gasteiger partial charge < -0.3 is 15.2 Å². The average Bonchev–Trinajstić information content (AvgIpc) is 3.19. The van der Waals surface area contributed by atoms with Crippen molar-refractivity contribution in [3.63, 3.8) is 0 Å². The van der Waals surface area contributed by atoms with Crippen molar-refractivity contribution < 1.29 is 9.59 Å². The SMILES string of the molecule is CCc1ccc(NC(=O)Cn2c(CCCNC(=O)c3ccc(C)cc3)nc3ccccc32)cc1. The van der Waals surface area contributed by atoms with Crippen LogP contribution in [0.4, 0.5) is 5.69 Å². The van der Waals surface area contributed by atoms with E-state index < -0.39 is 0 Å². The fourth-order valence-corrected chi connectivity index (χ4v) is 3.92. The van der Waals surface area contributed by atoms with Crippen LogP contribution < -0.4 is 10.6 Å². The third-order valence-electron chi connectivity index (χ3n) is 5.86. The van der Waals surface area contributed by atoms with Gasteiger partial charge in [-0.3, -0.25) is 9.59 Å². The van der Waals surface area contributed by atoms with Crippen LogP contribution in [0.1, 0.15) is 40.7 Å². The van der Waals surface area contributed by atoms with E-state index in [0.29, 0.717) is 18.5 Å². The summed E-state index contributed by atoms with van der Waals surface area (Å²) in [5.74, 6) is 0.658. The number of anilines is 1. The summed E-state index contributed by atoms with van der Waals surface area (Å²) in [5, 5.41) is 5.95. The Morgan fingerprint density at radius 3 is 2.41 bits per heavy atom. The summed E-state index contributed by atoms with van der Waals surface area (Å²) in [5.41, 5.74) is 5.58. The molecule has 0 spiro atoms. The molecule has 3 aromatic carbocycles. The molecule has 6 heteroatoms. The number of nitrogens with zero attached hydrogens (tertiary/aromatic N) is 2. The highest BCUT2D eigenvalue weighted by Gasteiger charge is 2.14. The van der Waals surface area contributed by atoms with E-state index in [0.717, 1.165) is 41.0 Å². The molecular formula is C28H30N4O2. The van der Waals surface area contributed by atoms with Crippen LogP contribution in [0, 0.1) is 6.92 Å². The summed E-state index contributed by atoms with van der Waals surface area (Å²) in [7, 11) is 0. The Bertz CT molecular complexity index is 1270. The first-order valence-corrected chi connectivity index (χ1v) is 11.7. The van der Waals surface area contributed by atoms with Crippen LogP contribution in [0.5, 0.6) is 0 Å². The largest absolute Gasteiger partial charge is 0.352 e. The fraction of sp³-hybridized carbons (Fsp3) is 0.250. The Labute approximate surface area is 200 Å². The van der Waals surface area contributed by atoms with E-state index in [1.807, 2.05) is 84.3 Å². The number of aryl methyl sites for hydroxylation is 3. The Morgan fingerprint density at radius 2 is 1.68 bits per heavy atom.